The van der Waals surface area contributed by atoms with Crippen molar-refractivity contribution in [3.8, 4) is 11.4 Å². The molecule has 5 nitrogen and oxygen atoms in total. The number of carbonyl (C=O) groups is 1. The predicted molar refractivity (Wildman–Crippen MR) is 77.1 cm³/mol. The Hall–Kier alpha value is -2.27. The Morgan fingerprint density at radius 2 is 1.90 bits per heavy atom. The zero-order valence-corrected chi connectivity index (χ0v) is 11.0. The van der Waals surface area contributed by atoms with Crippen LogP contribution in [0.2, 0.25) is 0 Å². The monoisotopic (exact) mass is 268 g/mol. The van der Waals surface area contributed by atoms with Gasteiger partial charge in [0.2, 0.25) is 5.91 Å². The summed E-state index contributed by atoms with van der Waals surface area (Å²) in [5.74, 6) is 1.14. The first kappa shape index (κ1) is 12.7. The van der Waals surface area contributed by atoms with E-state index < -0.39 is 0 Å². The maximum atomic E-state index is 11.8. The van der Waals surface area contributed by atoms with Crippen LogP contribution in [0.3, 0.4) is 0 Å². The van der Waals surface area contributed by atoms with Crippen molar-refractivity contribution in [3.63, 3.8) is 0 Å². The molecule has 20 heavy (non-hydrogen) atoms. The van der Waals surface area contributed by atoms with Gasteiger partial charge >= 0.3 is 0 Å². The van der Waals surface area contributed by atoms with Crippen molar-refractivity contribution in [2.75, 3.05) is 18.4 Å². The van der Waals surface area contributed by atoms with Gasteiger partial charge in [0.1, 0.15) is 0 Å². The highest BCUT2D eigenvalue weighted by molar-refractivity contribution is 5.90. The van der Waals surface area contributed by atoms with E-state index in [2.05, 4.69) is 20.6 Å². The second kappa shape index (κ2) is 5.79. The van der Waals surface area contributed by atoms with E-state index in [-0.39, 0.29) is 5.91 Å². The number of hydrogen-bond donors (Lipinski definition) is 2. The van der Waals surface area contributed by atoms with Gasteiger partial charge in [-0.05, 0) is 19.0 Å². The van der Waals surface area contributed by atoms with Crippen molar-refractivity contribution in [1.29, 1.82) is 0 Å². The molecule has 0 atom stereocenters. The second-order valence-electron chi connectivity index (χ2n) is 4.94. The maximum absolute atomic E-state index is 11.8. The highest BCUT2D eigenvalue weighted by Crippen LogP contribution is 2.15. The molecule has 1 saturated heterocycles. The Morgan fingerprint density at radius 1 is 1.20 bits per heavy atom. The average molecular weight is 268 g/mol. The van der Waals surface area contributed by atoms with E-state index in [1.54, 1.807) is 12.4 Å². The lowest BCUT2D eigenvalue weighted by Crippen LogP contribution is -2.43. The number of rotatable bonds is 4. The Bertz CT molecular complexity index is 579. The molecule has 1 aliphatic rings. The lowest BCUT2D eigenvalue weighted by molar-refractivity contribution is -0.117. The number of amides is 1. The van der Waals surface area contributed by atoms with Crippen LogP contribution in [-0.4, -0.2) is 29.0 Å². The fourth-order valence-electron chi connectivity index (χ4n) is 2.10. The Morgan fingerprint density at radius 3 is 2.50 bits per heavy atom. The molecule has 0 spiro atoms. The summed E-state index contributed by atoms with van der Waals surface area (Å²) in [7, 11) is 0. The van der Waals surface area contributed by atoms with Crippen LogP contribution >= 0.6 is 0 Å². The molecule has 102 valence electrons. The van der Waals surface area contributed by atoms with E-state index >= 15 is 0 Å². The predicted octanol–water partition coefficient (Wildman–Crippen LogP) is 1.69. The van der Waals surface area contributed by atoms with Crippen LogP contribution in [0.15, 0.2) is 42.7 Å². The third kappa shape index (κ3) is 3.00. The fraction of sp³-hybridized carbons (Fsp3) is 0.267. The molecule has 1 aromatic heterocycles. The van der Waals surface area contributed by atoms with Crippen LogP contribution < -0.4 is 10.6 Å². The zero-order chi connectivity index (χ0) is 13.8. The van der Waals surface area contributed by atoms with Crippen LogP contribution in [0.4, 0.5) is 5.69 Å². The highest BCUT2D eigenvalue weighted by Gasteiger charge is 2.20. The number of hydrogen-bond acceptors (Lipinski definition) is 4. The molecule has 1 fully saturated rings. The van der Waals surface area contributed by atoms with Gasteiger partial charge in [-0.15, -0.1) is 0 Å². The van der Waals surface area contributed by atoms with Gasteiger partial charge in [0.05, 0.1) is 18.1 Å². The minimum Gasteiger partial charge on any atom is -0.323 e. The van der Waals surface area contributed by atoms with Gasteiger partial charge in [0, 0.05) is 12.0 Å². The maximum Gasteiger partial charge on any atom is 0.224 e. The fourth-order valence-corrected chi connectivity index (χ4v) is 2.10. The third-order valence-corrected chi connectivity index (χ3v) is 3.31. The molecule has 0 bridgehead atoms. The van der Waals surface area contributed by atoms with Crippen molar-refractivity contribution in [2.45, 2.75) is 6.42 Å². The Labute approximate surface area is 117 Å². The molecule has 1 amide bonds. The summed E-state index contributed by atoms with van der Waals surface area (Å²) in [4.78, 5) is 20.3. The summed E-state index contributed by atoms with van der Waals surface area (Å²) < 4.78 is 0. The number of nitrogens with zero attached hydrogens (tertiary/aromatic N) is 2. The topological polar surface area (TPSA) is 66.9 Å². The summed E-state index contributed by atoms with van der Waals surface area (Å²) in [5.41, 5.74) is 1.60. The minimum absolute atomic E-state index is 0.0209. The first-order valence-corrected chi connectivity index (χ1v) is 6.69. The third-order valence-electron chi connectivity index (χ3n) is 3.31. The number of benzene rings is 1. The van der Waals surface area contributed by atoms with Crippen LogP contribution in [0.1, 0.15) is 6.42 Å². The Balaban J connectivity index is 1.62. The molecule has 5 heteroatoms. The van der Waals surface area contributed by atoms with Gasteiger partial charge < -0.3 is 10.6 Å². The van der Waals surface area contributed by atoms with Crippen molar-refractivity contribution in [2.24, 2.45) is 5.92 Å². The van der Waals surface area contributed by atoms with E-state index in [4.69, 9.17) is 0 Å². The molecular weight excluding hydrogens is 252 g/mol. The van der Waals surface area contributed by atoms with Gasteiger partial charge in [-0.2, -0.15) is 0 Å². The molecule has 0 aliphatic carbocycles. The number of nitrogens with one attached hydrogen (secondary N) is 2. The molecular formula is C15H16N4O. The van der Waals surface area contributed by atoms with Gasteiger partial charge in [0.15, 0.2) is 5.82 Å². The van der Waals surface area contributed by atoms with E-state index in [1.807, 2.05) is 30.3 Å². The van der Waals surface area contributed by atoms with Gasteiger partial charge in [-0.3, -0.25) is 4.79 Å². The molecule has 2 N–H and O–H groups in total. The summed E-state index contributed by atoms with van der Waals surface area (Å²) >= 11 is 0. The van der Waals surface area contributed by atoms with E-state index in [0.29, 0.717) is 23.9 Å². The molecule has 1 aromatic carbocycles. The van der Waals surface area contributed by atoms with Gasteiger partial charge in [0.25, 0.3) is 0 Å². The Kier molecular flexibility index (Phi) is 3.69. The summed E-state index contributed by atoms with van der Waals surface area (Å²) in [6, 6.07) is 9.75. The van der Waals surface area contributed by atoms with E-state index in [1.165, 1.54) is 0 Å². The van der Waals surface area contributed by atoms with Crippen molar-refractivity contribution in [1.82, 2.24) is 15.3 Å². The molecule has 3 rings (SSSR count). The van der Waals surface area contributed by atoms with E-state index in [9.17, 15) is 4.79 Å². The van der Waals surface area contributed by atoms with E-state index in [0.717, 1.165) is 18.7 Å². The average Bonchev–Trinajstić information content (AvgIpc) is 2.45. The van der Waals surface area contributed by atoms with Gasteiger partial charge in [-0.1, -0.05) is 30.3 Å². The molecule has 2 heterocycles. The molecule has 0 saturated carbocycles. The standard InChI is InChI=1S/C15H16N4O/c20-14(6-11-7-16-8-11)19-13-9-17-15(18-10-13)12-4-2-1-3-5-12/h1-5,9-11,16H,6-8H2,(H,19,20). The van der Waals surface area contributed by atoms with Crippen LogP contribution in [-0.2, 0) is 4.79 Å². The lowest BCUT2D eigenvalue weighted by atomic mass is 9.99. The quantitative estimate of drug-likeness (QED) is 0.885. The SMILES string of the molecule is O=C(CC1CNC1)Nc1cnc(-c2ccccc2)nc1. The smallest absolute Gasteiger partial charge is 0.224 e. The van der Waals surface area contributed by atoms with Crippen LogP contribution in [0.25, 0.3) is 11.4 Å². The number of carbonyl (C=O) groups excluding carboxylic acids is 1. The summed E-state index contributed by atoms with van der Waals surface area (Å²) in [5, 5.41) is 5.98. The summed E-state index contributed by atoms with van der Waals surface area (Å²) in [6.45, 7) is 1.85. The normalized spacial score (nSPS) is 14.6. The molecule has 2 aromatic rings. The molecule has 0 radical (unpaired) electrons. The van der Waals surface area contributed by atoms with Crippen LogP contribution in [0.5, 0.6) is 0 Å². The number of aromatic nitrogens is 2. The van der Waals surface area contributed by atoms with Gasteiger partial charge in [-0.25, -0.2) is 9.97 Å². The minimum atomic E-state index is 0.0209. The summed E-state index contributed by atoms with van der Waals surface area (Å²) in [6.07, 6.45) is 3.84. The number of anilines is 1. The van der Waals surface area contributed by atoms with Crippen molar-refractivity contribution in [3.05, 3.63) is 42.7 Å². The first-order chi connectivity index (χ1) is 9.81. The van der Waals surface area contributed by atoms with Crippen molar-refractivity contribution < 1.29 is 4.79 Å². The van der Waals surface area contributed by atoms with Crippen molar-refractivity contribution >= 4 is 11.6 Å². The highest BCUT2D eigenvalue weighted by atomic mass is 16.1. The lowest BCUT2D eigenvalue weighted by Gasteiger charge is -2.26. The molecule has 1 aliphatic heterocycles. The first-order valence-electron chi connectivity index (χ1n) is 6.69. The van der Waals surface area contributed by atoms with Crippen LogP contribution in [0, 0.1) is 5.92 Å². The zero-order valence-electron chi connectivity index (χ0n) is 11.0. The largest absolute Gasteiger partial charge is 0.323 e. The second-order valence-corrected chi connectivity index (χ2v) is 4.94. The molecule has 0 unspecified atom stereocenters.